The van der Waals surface area contributed by atoms with Gasteiger partial charge in [0.2, 0.25) is 0 Å². The van der Waals surface area contributed by atoms with Crippen molar-refractivity contribution < 1.29 is 9.84 Å². The summed E-state index contributed by atoms with van der Waals surface area (Å²) in [5, 5.41) is 11.8. The third-order valence-corrected chi connectivity index (χ3v) is 7.33. The van der Waals surface area contributed by atoms with Crippen molar-refractivity contribution in [3.63, 3.8) is 0 Å². The summed E-state index contributed by atoms with van der Waals surface area (Å²) in [5.74, 6) is 0.802. The first-order chi connectivity index (χ1) is 17.8. The van der Waals surface area contributed by atoms with Crippen molar-refractivity contribution in [3.8, 4) is 5.75 Å². The molecule has 0 saturated heterocycles. The van der Waals surface area contributed by atoms with Gasteiger partial charge in [0.05, 0.1) is 6.61 Å². The quantitative estimate of drug-likeness (QED) is 0.282. The van der Waals surface area contributed by atoms with Gasteiger partial charge in [-0.2, -0.15) is 0 Å². The fourth-order valence-electron chi connectivity index (χ4n) is 5.77. The van der Waals surface area contributed by atoms with Crippen LogP contribution in [0.4, 0.5) is 0 Å². The van der Waals surface area contributed by atoms with Crippen LogP contribution in [0, 0.1) is 0 Å². The van der Waals surface area contributed by atoms with E-state index in [0.717, 1.165) is 23.1 Å². The van der Waals surface area contributed by atoms with E-state index in [1.807, 2.05) is 6.07 Å². The summed E-state index contributed by atoms with van der Waals surface area (Å²) < 4.78 is 6.09. The second-order valence-corrected chi connectivity index (χ2v) is 9.24. The van der Waals surface area contributed by atoms with E-state index in [4.69, 9.17) is 4.74 Å². The van der Waals surface area contributed by atoms with Crippen LogP contribution in [0.25, 0.3) is 16.3 Å². The molecule has 0 amide bonds. The zero-order chi connectivity index (χ0) is 24.4. The van der Waals surface area contributed by atoms with E-state index in [-0.39, 0.29) is 18.6 Å². The molecule has 0 radical (unpaired) electrons. The zero-order valence-electron chi connectivity index (χ0n) is 20.1. The second kappa shape index (κ2) is 9.49. The second-order valence-electron chi connectivity index (χ2n) is 9.24. The van der Waals surface area contributed by atoms with E-state index in [1.165, 1.54) is 33.2 Å². The number of allylic oxidation sites excluding steroid dienone is 1. The molecule has 1 aliphatic carbocycles. The number of fused-ring (bicyclic) bond motifs is 2. The number of aliphatic hydroxyl groups excluding tert-OH is 1. The topological polar surface area (TPSA) is 29.5 Å². The maximum atomic E-state index is 9.48. The SMILES string of the molecule is OCCOc1ccc2ccccc2c1C1=CCC(c2ccccc2)(c2ccccc2)c2ccccc21. The summed E-state index contributed by atoms with van der Waals surface area (Å²) >= 11 is 0. The van der Waals surface area contributed by atoms with Gasteiger partial charge in [0.1, 0.15) is 12.4 Å². The van der Waals surface area contributed by atoms with Crippen LogP contribution in [0.15, 0.2) is 127 Å². The molecule has 0 aliphatic heterocycles. The molecule has 0 bridgehead atoms. The third kappa shape index (κ3) is 3.62. The molecule has 36 heavy (non-hydrogen) atoms. The van der Waals surface area contributed by atoms with Crippen molar-refractivity contribution >= 4 is 16.3 Å². The number of benzene rings is 5. The van der Waals surface area contributed by atoms with Gasteiger partial charge < -0.3 is 9.84 Å². The van der Waals surface area contributed by atoms with Crippen molar-refractivity contribution in [2.45, 2.75) is 11.8 Å². The largest absolute Gasteiger partial charge is 0.491 e. The number of hydrogen-bond acceptors (Lipinski definition) is 2. The van der Waals surface area contributed by atoms with Gasteiger partial charge >= 0.3 is 0 Å². The van der Waals surface area contributed by atoms with E-state index in [2.05, 4.69) is 121 Å². The average molecular weight is 469 g/mol. The summed E-state index contributed by atoms with van der Waals surface area (Å²) in [5.41, 5.74) is 7.05. The summed E-state index contributed by atoms with van der Waals surface area (Å²) in [6.45, 7) is 0.241. The van der Waals surface area contributed by atoms with Crippen LogP contribution < -0.4 is 4.74 Å². The molecule has 0 unspecified atom stereocenters. The Bertz CT molecular complexity index is 1490. The Morgan fingerprint density at radius 2 is 1.31 bits per heavy atom. The van der Waals surface area contributed by atoms with Crippen molar-refractivity contribution in [2.24, 2.45) is 0 Å². The fourth-order valence-corrected chi connectivity index (χ4v) is 5.77. The first kappa shape index (κ1) is 22.3. The van der Waals surface area contributed by atoms with E-state index in [0.29, 0.717) is 0 Å². The van der Waals surface area contributed by atoms with Crippen molar-refractivity contribution in [2.75, 3.05) is 13.2 Å². The first-order valence-electron chi connectivity index (χ1n) is 12.5. The lowest BCUT2D eigenvalue weighted by atomic mass is 9.62. The Morgan fingerprint density at radius 3 is 2.03 bits per heavy atom. The smallest absolute Gasteiger partial charge is 0.127 e. The highest BCUT2D eigenvalue weighted by Crippen LogP contribution is 2.51. The summed E-state index contributed by atoms with van der Waals surface area (Å²) in [6.07, 6.45) is 3.21. The maximum absolute atomic E-state index is 9.48. The molecule has 6 rings (SSSR count). The van der Waals surface area contributed by atoms with Crippen molar-refractivity contribution in [3.05, 3.63) is 155 Å². The molecule has 1 aliphatic rings. The molecule has 0 saturated carbocycles. The van der Waals surface area contributed by atoms with Gasteiger partial charge in [0.15, 0.2) is 0 Å². The van der Waals surface area contributed by atoms with E-state index in [9.17, 15) is 5.11 Å². The Kier molecular flexibility index (Phi) is 5.88. The Morgan fingerprint density at radius 1 is 0.667 bits per heavy atom. The third-order valence-electron chi connectivity index (χ3n) is 7.33. The highest BCUT2D eigenvalue weighted by atomic mass is 16.5. The van der Waals surface area contributed by atoms with Crippen LogP contribution in [0.5, 0.6) is 5.75 Å². The van der Waals surface area contributed by atoms with Crippen molar-refractivity contribution in [1.29, 1.82) is 0 Å². The Labute approximate surface area is 212 Å². The lowest BCUT2D eigenvalue weighted by Crippen LogP contribution is -2.32. The maximum Gasteiger partial charge on any atom is 0.127 e. The number of ether oxygens (including phenoxy) is 1. The highest BCUT2D eigenvalue weighted by molar-refractivity contribution is 6.01. The van der Waals surface area contributed by atoms with Crippen LogP contribution in [0.3, 0.4) is 0 Å². The standard InChI is InChI=1S/C34H28O2/c35-23-24-36-32-20-19-25-11-7-8-16-28(25)33(32)30-21-22-34(26-12-3-1-4-13-26,27-14-5-2-6-15-27)31-18-10-9-17-29(30)31/h1-21,35H,22-24H2. The predicted molar refractivity (Wildman–Crippen MR) is 147 cm³/mol. The fraction of sp³-hybridized carbons (Fsp3) is 0.118. The zero-order valence-corrected chi connectivity index (χ0v) is 20.1. The van der Waals surface area contributed by atoms with Crippen LogP contribution in [0.1, 0.15) is 34.2 Å². The predicted octanol–water partition coefficient (Wildman–Crippen LogP) is 7.38. The summed E-state index contributed by atoms with van der Waals surface area (Å²) in [7, 11) is 0. The molecule has 2 nitrogen and oxygen atoms in total. The minimum atomic E-state index is -0.292. The summed E-state index contributed by atoms with van der Waals surface area (Å²) in [4.78, 5) is 0. The van der Waals surface area contributed by atoms with E-state index in [1.54, 1.807) is 0 Å². The highest BCUT2D eigenvalue weighted by Gasteiger charge is 2.40. The van der Waals surface area contributed by atoms with Gasteiger partial charge in [-0.15, -0.1) is 0 Å². The van der Waals surface area contributed by atoms with Crippen molar-refractivity contribution in [1.82, 2.24) is 0 Å². The first-order valence-corrected chi connectivity index (χ1v) is 12.5. The minimum Gasteiger partial charge on any atom is -0.491 e. The average Bonchev–Trinajstić information content (AvgIpc) is 2.96. The molecular formula is C34H28O2. The number of hydrogen-bond donors (Lipinski definition) is 1. The lowest BCUT2D eigenvalue weighted by Gasteiger charge is -2.40. The van der Waals surface area contributed by atoms with Crippen LogP contribution in [-0.2, 0) is 5.41 Å². The molecule has 1 N–H and O–H groups in total. The molecule has 5 aromatic rings. The molecule has 5 aromatic carbocycles. The molecule has 0 fully saturated rings. The molecule has 2 heteroatoms. The monoisotopic (exact) mass is 468 g/mol. The Balaban J connectivity index is 1.63. The molecule has 0 heterocycles. The van der Waals surface area contributed by atoms with E-state index >= 15 is 0 Å². The van der Waals surface area contributed by atoms with Gasteiger partial charge in [-0.1, -0.05) is 121 Å². The Hall–Kier alpha value is -4.14. The molecule has 0 atom stereocenters. The number of aliphatic hydroxyl groups is 1. The van der Waals surface area contributed by atoms with Crippen LogP contribution in [-0.4, -0.2) is 18.3 Å². The number of rotatable bonds is 6. The van der Waals surface area contributed by atoms with Crippen LogP contribution >= 0.6 is 0 Å². The molecule has 0 spiro atoms. The molecular weight excluding hydrogens is 440 g/mol. The minimum absolute atomic E-state index is 0.0208. The van der Waals surface area contributed by atoms with Gasteiger partial charge in [-0.3, -0.25) is 0 Å². The summed E-state index contributed by atoms with van der Waals surface area (Å²) in [6, 6.07) is 43.0. The van der Waals surface area contributed by atoms with Gasteiger partial charge in [-0.05, 0) is 51.1 Å². The van der Waals surface area contributed by atoms with Crippen LogP contribution in [0.2, 0.25) is 0 Å². The normalized spacial score (nSPS) is 14.2. The lowest BCUT2D eigenvalue weighted by molar-refractivity contribution is 0.201. The van der Waals surface area contributed by atoms with Gasteiger partial charge in [-0.25, -0.2) is 0 Å². The molecule has 0 aromatic heterocycles. The molecule has 176 valence electrons. The van der Waals surface area contributed by atoms with Gasteiger partial charge in [0, 0.05) is 11.0 Å². The van der Waals surface area contributed by atoms with E-state index < -0.39 is 0 Å². The van der Waals surface area contributed by atoms with Gasteiger partial charge in [0.25, 0.3) is 0 Å².